The van der Waals surface area contributed by atoms with E-state index in [0.717, 1.165) is 4.47 Å². The molecule has 1 rings (SSSR count). The molecule has 0 aliphatic rings. The van der Waals surface area contributed by atoms with Crippen molar-refractivity contribution in [2.24, 2.45) is 5.92 Å². The minimum absolute atomic E-state index is 0.112. The van der Waals surface area contributed by atoms with Crippen molar-refractivity contribution in [3.8, 4) is 0 Å². The first kappa shape index (κ1) is 15.1. The molecule has 0 spiro atoms. The van der Waals surface area contributed by atoms with Gasteiger partial charge < -0.3 is 0 Å². The third-order valence-electron chi connectivity index (χ3n) is 2.38. The summed E-state index contributed by atoms with van der Waals surface area (Å²) in [5.41, 5.74) is 0. The molecule has 3 nitrogen and oxygen atoms in total. The molecule has 1 aromatic rings. The molecule has 0 amide bonds. The fourth-order valence-corrected chi connectivity index (χ4v) is 4.35. The van der Waals surface area contributed by atoms with Crippen LogP contribution in [0.1, 0.15) is 13.8 Å². The van der Waals surface area contributed by atoms with Crippen molar-refractivity contribution in [3.63, 3.8) is 0 Å². The second-order valence-corrected chi connectivity index (χ2v) is 7.36. The van der Waals surface area contributed by atoms with Crippen LogP contribution in [0.25, 0.3) is 0 Å². The molecule has 96 valence electrons. The van der Waals surface area contributed by atoms with Crippen molar-refractivity contribution in [1.82, 2.24) is 4.72 Å². The standard InChI is InChI=1S/C11H15Br2NO2S/c1-8(2)11(7-12)14-17(15,16)10-5-3-4-9(13)6-10/h3-6,8,11,14H,7H2,1-2H3. The number of sulfonamides is 1. The lowest BCUT2D eigenvalue weighted by atomic mass is 10.1. The van der Waals surface area contributed by atoms with Crippen LogP contribution in [0.5, 0.6) is 0 Å². The van der Waals surface area contributed by atoms with E-state index < -0.39 is 10.0 Å². The van der Waals surface area contributed by atoms with Gasteiger partial charge in [-0.3, -0.25) is 0 Å². The van der Waals surface area contributed by atoms with Gasteiger partial charge >= 0.3 is 0 Å². The summed E-state index contributed by atoms with van der Waals surface area (Å²) in [6, 6.07) is 6.56. The van der Waals surface area contributed by atoms with Crippen LogP contribution in [0.2, 0.25) is 0 Å². The maximum atomic E-state index is 12.1. The van der Waals surface area contributed by atoms with Gasteiger partial charge in [-0.25, -0.2) is 13.1 Å². The lowest BCUT2D eigenvalue weighted by Gasteiger charge is -2.19. The van der Waals surface area contributed by atoms with Crippen LogP contribution in [0.15, 0.2) is 33.6 Å². The highest BCUT2D eigenvalue weighted by Crippen LogP contribution is 2.17. The predicted molar refractivity (Wildman–Crippen MR) is 76.9 cm³/mol. The summed E-state index contributed by atoms with van der Waals surface area (Å²) in [4.78, 5) is 0.276. The van der Waals surface area contributed by atoms with Crippen LogP contribution in [0, 0.1) is 5.92 Å². The number of halogens is 2. The van der Waals surface area contributed by atoms with Gasteiger partial charge in [0.25, 0.3) is 0 Å². The van der Waals surface area contributed by atoms with E-state index in [1.165, 1.54) is 0 Å². The first-order valence-corrected chi connectivity index (χ1v) is 8.60. The van der Waals surface area contributed by atoms with E-state index in [1.807, 2.05) is 13.8 Å². The molecule has 0 aliphatic carbocycles. The highest BCUT2D eigenvalue weighted by atomic mass is 79.9. The number of rotatable bonds is 5. The molecule has 0 radical (unpaired) electrons. The summed E-state index contributed by atoms with van der Waals surface area (Å²) < 4.78 is 27.7. The Morgan fingerprint density at radius 3 is 2.47 bits per heavy atom. The summed E-state index contributed by atoms with van der Waals surface area (Å²) in [6.07, 6.45) is 0. The molecule has 0 heterocycles. The van der Waals surface area contributed by atoms with Gasteiger partial charge in [-0.15, -0.1) is 0 Å². The van der Waals surface area contributed by atoms with E-state index in [4.69, 9.17) is 0 Å². The largest absolute Gasteiger partial charge is 0.240 e. The molecular formula is C11H15Br2NO2S. The zero-order chi connectivity index (χ0) is 13.1. The van der Waals surface area contributed by atoms with Crippen LogP contribution in [-0.4, -0.2) is 19.8 Å². The van der Waals surface area contributed by atoms with Crippen molar-refractivity contribution in [2.75, 3.05) is 5.33 Å². The van der Waals surface area contributed by atoms with Gasteiger partial charge in [-0.05, 0) is 24.1 Å². The fourth-order valence-electron chi connectivity index (χ4n) is 1.25. The van der Waals surface area contributed by atoms with Gasteiger partial charge in [0.2, 0.25) is 10.0 Å². The van der Waals surface area contributed by atoms with E-state index in [1.54, 1.807) is 24.3 Å². The average molecular weight is 385 g/mol. The van der Waals surface area contributed by atoms with Crippen LogP contribution in [0.3, 0.4) is 0 Å². The summed E-state index contributed by atoms with van der Waals surface area (Å²) in [7, 11) is -3.45. The monoisotopic (exact) mass is 383 g/mol. The van der Waals surface area contributed by atoms with Crippen molar-refractivity contribution in [3.05, 3.63) is 28.7 Å². The number of alkyl halides is 1. The van der Waals surface area contributed by atoms with Crippen LogP contribution >= 0.6 is 31.9 Å². The Kier molecular flexibility index (Phi) is 5.63. The zero-order valence-electron chi connectivity index (χ0n) is 9.65. The first-order chi connectivity index (χ1) is 7.86. The van der Waals surface area contributed by atoms with Crippen LogP contribution < -0.4 is 4.72 Å². The number of nitrogens with one attached hydrogen (secondary N) is 1. The third kappa shape index (κ3) is 4.35. The van der Waals surface area contributed by atoms with Gasteiger partial charge in [0, 0.05) is 15.8 Å². The highest BCUT2D eigenvalue weighted by Gasteiger charge is 2.21. The van der Waals surface area contributed by atoms with Crippen molar-refractivity contribution in [2.45, 2.75) is 24.8 Å². The molecular weight excluding hydrogens is 370 g/mol. The Bertz CT molecular complexity index is 474. The Hall–Kier alpha value is 0.0900. The van der Waals surface area contributed by atoms with E-state index in [-0.39, 0.29) is 16.9 Å². The van der Waals surface area contributed by atoms with Gasteiger partial charge in [0.1, 0.15) is 0 Å². The number of hydrogen-bond acceptors (Lipinski definition) is 2. The fraction of sp³-hybridized carbons (Fsp3) is 0.455. The smallest absolute Gasteiger partial charge is 0.207 e. The molecule has 1 N–H and O–H groups in total. The second kappa shape index (κ2) is 6.31. The van der Waals surface area contributed by atoms with E-state index >= 15 is 0 Å². The Morgan fingerprint density at radius 2 is 2.00 bits per heavy atom. The summed E-state index contributed by atoms with van der Waals surface area (Å²) in [5.74, 6) is 0.233. The van der Waals surface area contributed by atoms with E-state index in [9.17, 15) is 8.42 Å². The van der Waals surface area contributed by atoms with Crippen LogP contribution in [-0.2, 0) is 10.0 Å². The lowest BCUT2D eigenvalue weighted by Crippen LogP contribution is -2.39. The SMILES string of the molecule is CC(C)C(CBr)NS(=O)(=O)c1cccc(Br)c1. The molecule has 1 aromatic carbocycles. The minimum atomic E-state index is -3.45. The van der Waals surface area contributed by atoms with E-state index in [0.29, 0.717) is 5.33 Å². The van der Waals surface area contributed by atoms with Gasteiger partial charge in [-0.1, -0.05) is 51.8 Å². The number of benzene rings is 1. The predicted octanol–water partition coefficient (Wildman–Crippen LogP) is 3.15. The molecule has 6 heteroatoms. The van der Waals surface area contributed by atoms with Crippen molar-refractivity contribution >= 4 is 41.9 Å². The van der Waals surface area contributed by atoms with E-state index in [2.05, 4.69) is 36.6 Å². The van der Waals surface area contributed by atoms with Crippen LogP contribution in [0.4, 0.5) is 0 Å². The molecule has 0 bridgehead atoms. The Morgan fingerprint density at radius 1 is 1.35 bits per heavy atom. The summed E-state index contributed by atoms with van der Waals surface area (Å²) in [5, 5.41) is 0.595. The minimum Gasteiger partial charge on any atom is -0.207 e. The van der Waals surface area contributed by atoms with Gasteiger partial charge in [0.15, 0.2) is 0 Å². The Labute approximate surface area is 119 Å². The molecule has 1 unspecified atom stereocenters. The van der Waals surface area contributed by atoms with Gasteiger partial charge in [0.05, 0.1) is 4.90 Å². The molecule has 0 aromatic heterocycles. The topological polar surface area (TPSA) is 46.2 Å². The first-order valence-electron chi connectivity index (χ1n) is 5.20. The molecule has 0 aliphatic heterocycles. The molecule has 0 saturated heterocycles. The highest BCUT2D eigenvalue weighted by molar-refractivity contribution is 9.10. The number of hydrogen-bond donors (Lipinski definition) is 1. The third-order valence-corrected chi connectivity index (χ3v) is 5.06. The summed E-state index contributed by atoms with van der Waals surface area (Å²) >= 11 is 6.59. The lowest BCUT2D eigenvalue weighted by molar-refractivity contribution is 0.484. The normalized spacial score (nSPS) is 13.9. The molecule has 0 saturated carbocycles. The Balaban J connectivity index is 2.96. The molecule has 17 heavy (non-hydrogen) atoms. The van der Waals surface area contributed by atoms with Crippen molar-refractivity contribution in [1.29, 1.82) is 0 Å². The maximum absolute atomic E-state index is 12.1. The quantitative estimate of drug-likeness (QED) is 0.792. The maximum Gasteiger partial charge on any atom is 0.240 e. The van der Waals surface area contributed by atoms with Crippen molar-refractivity contribution < 1.29 is 8.42 Å². The van der Waals surface area contributed by atoms with Gasteiger partial charge in [-0.2, -0.15) is 0 Å². The second-order valence-electron chi connectivity index (χ2n) is 4.08. The zero-order valence-corrected chi connectivity index (χ0v) is 13.6. The average Bonchev–Trinajstić information content (AvgIpc) is 2.25. The molecule has 1 atom stereocenters. The summed E-state index contributed by atoms with van der Waals surface area (Å²) in [6.45, 7) is 3.96. The molecule has 0 fully saturated rings.